The number of nitrogens with zero attached hydrogens (tertiary/aromatic N) is 3. The molecule has 3 aromatic heterocycles. The number of nitrogens with two attached hydrogens (primary N) is 1. The molecule has 0 fully saturated rings. The lowest BCUT2D eigenvalue weighted by molar-refractivity contribution is 0.0977. The highest BCUT2D eigenvalue weighted by Gasteiger charge is 2.22. The van der Waals surface area contributed by atoms with Gasteiger partial charge in [0.25, 0.3) is 5.91 Å². The lowest BCUT2D eigenvalue weighted by Gasteiger charge is -2.18. The van der Waals surface area contributed by atoms with E-state index in [2.05, 4.69) is 25.6 Å². The van der Waals surface area contributed by atoms with E-state index in [1.165, 1.54) is 0 Å². The van der Waals surface area contributed by atoms with Crippen molar-refractivity contribution in [2.45, 2.75) is 26.3 Å². The van der Waals surface area contributed by atoms with E-state index in [4.69, 9.17) is 26.5 Å². The Balaban J connectivity index is 1.59. The minimum absolute atomic E-state index is 0.107. The Morgan fingerprint density at radius 3 is 2.97 bits per heavy atom. The molecule has 4 heterocycles. The topological polar surface area (TPSA) is 128 Å². The van der Waals surface area contributed by atoms with Gasteiger partial charge in [0.05, 0.1) is 27.8 Å². The highest BCUT2D eigenvalue weighted by Crippen LogP contribution is 2.37. The normalized spacial score (nSPS) is 13.3. The van der Waals surface area contributed by atoms with Gasteiger partial charge in [-0.25, -0.2) is 9.97 Å². The van der Waals surface area contributed by atoms with Gasteiger partial charge in [0.2, 0.25) is 22.8 Å². The average molecular weight is 453 g/mol. The van der Waals surface area contributed by atoms with Crippen LogP contribution in [0.2, 0.25) is 5.28 Å². The van der Waals surface area contributed by atoms with Gasteiger partial charge in [0, 0.05) is 37.5 Å². The first-order valence-corrected chi connectivity index (χ1v) is 10.8. The summed E-state index contributed by atoms with van der Waals surface area (Å²) in [7, 11) is 0. The molecular formula is C22H21ClN6O3. The third-order valence-electron chi connectivity index (χ3n) is 5.34. The molecule has 0 spiro atoms. The molecule has 1 aromatic carbocycles. The number of aromatic nitrogens is 3. The summed E-state index contributed by atoms with van der Waals surface area (Å²) in [5, 5.41) is 8.27. The van der Waals surface area contributed by atoms with E-state index < -0.39 is 5.91 Å². The van der Waals surface area contributed by atoms with Gasteiger partial charge in [-0.15, -0.1) is 0 Å². The van der Waals surface area contributed by atoms with Crippen molar-refractivity contribution in [2.24, 2.45) is 5.73 Å². The number of carbonyl (C=O) groups excluding carboxylic acids is 1. The summed E-state index contributed by atoms with van der Waals surface area (Å²) in [5.41, 5.74) is 9.11. The third-order valence-corrected chi connectivity index (χ3v) is 5.51. The van der Waals surface area contributed by atoms with Crippen molar-refractivity contribution in [1.29, 1.82) is 0 Å². The van der Waals surface area contributed by atoms with Gasteiger partial charge in [-0.05, 0) is 36.2 Å². The molecule has 32 heavy (non-hydrogen) atoms. The number of rotatable bonds is 6. The molecule has 1 amide bonds. The minimum atomic E-state index is -0.625. The third kappa shape index (κ3) is 3.59. The number of benzene rings is 1. The summed E-state index contributed by atoms with van der Waals surface area (Å²) in [4.78, 5) is 25.1. The molecule has 9 nitrogen and oxygen atoms in total. The fourth-order valence-electron chi connectivity index (χ4n) is 3.90. The van der Waals surface area contributed by atoms with E-state index in [1.807, 2.05) is 19.1 Å². The predicted octanol–water partition coefficient (Wildman–Crippen LogP) is 3.78. The second-order valence-corrected chi connectivity index (χ2v) is 7.84. The standard InChI is InChI=1S/C22H21ClN6O3/c1-2-8-26-18-17-11-3-6-16(27-13(11)4-5-15(17)31-19(18)20(24)30)32-21-12-10-25-9-7-14(12)28-22(23)29-21/h3-6,25-26H,2,7-10H2,1H3,(H2,24,30). The number of primary amides is 1. The van der Waals surface area contributed by atoms with E-state index in [0.29, 0.717) is 41.6 Å². The Morgan fingerprint density at radius 1 is 1.28 bits per heavy atom. The van der Waals surface area contributed by atoms with Crippen molar-refractivity contribution in [2.75, 3.05) is 18.4 Å². The number of anilines is 1. The minimum Gasteiger partial charge on any atom is -0.449 e. The van der Waals surface area contributed by atoms with E-state index in [9.17, 15) is 4.79 Å². The van der Waals surface area contributed by atoms with Gasteiger partial charge in [-0.1, -0.05) is 6.92 Å². The molecule has 0 bridgehead atoms. The average Bonchev–Trinajstić information content (AvgIpc) is 3.16. The molecule has 0 saturated heterocycles. The smallest absolute Gasteiger partial charge is 0.286 e. The number of fused-ring (bicyclic) bond motifs is 4. The number of carbonyl (C=O) groups is 1. The Hall–Kier alpha value is -3.43. The summed E-state index contributed by atoms with van der Waals surface area (Å²) in [6.07, 6.45) is 1.64. The van der Waals surface area contributed by atoms with Crippen LogP contribution in [0.1, 0.15) is 35.2 Å². The summed E-state index contributed by atoms with van der Waals surface area (Å²) in [6.45, 7) is 4.15. The highest BCUT2D eigenvalue weighted by molar-refractivity contribution is 6.28. The zero-order valence-electron chi connectivity index (χ0n) is 17.4. The molecule has 4 N–H and O–H groups in total. The molecular weight excluding hydrogens is 432 g/mol. The molecule has 5 rings (SSSR count). The maximum Gasteiger partial charge on any atom is 0.286 e. The number of hydrogen-bond donors (Lipinski definition) is 3. The van der Waals surface area contributed by atoms with Gasteiger partial charge in [0.1, 0.15) is 5.58 Å². The lowest BCUT2D eigenvalue weighted by Crippen LogP contribution is -2.25. The van der Waals surface area contributed by atoms with Crippen LogP contribution in [0, 0.1) is 0 Å². The second kappa shape index (κ2) is 8.25. The number of furan rings is 1. The predicted molar refractivity (Wildman–Crippen MR) is 121 cm³/mol. The maximum atomic E-state index is 11.9. The van der Waals surface area contributed by atoms with Crippen molar-refractivity contribution in [3.05, 3.63) is 46.6 Å². The van der Waals surface area contributed by atoms with Crippen molar-refractivity contribution < 1.29 is 13.9 Å². The van der Waals surface area contributed by atoms with Gasteiger partial charge in [-0.2, -0.15) is 4.98 Å². The summed E-state index contributed by atoms with van der Waals surface area (Å²) in [5.74, 6) is 0.252. The van der Waals surface area contributed by atoms with Crippen LogP contribution in [-0.2, 0) is 13.0 Å². The fraction of sp³-hybridized carbons (Fsp3) is 0.273. The second-order valence-electron chi connectivity index (χ2n) is 7.50. The van der Waals surface area contributed by atoms with Crippen LogP contribution in [0.25, 0.3) is 21.9 Å². The monoisotopic (exact) mass is 452 g/mol. The van der Waals surface area contributed by atoms with Gasteiger partial charge >= 0.3 is 0 Å². The number of ether oxygens (including phenoxy) is 1. The largest absolute Gasteiger partial charge is 0.449 e. The van der Waals surface area contributed by atoms with Crippen molar-refractivity contribution in [1.82, 2.24) is 20.3 Å². The molecule has 0 saturated carbocycles. The van der Waals surface area contributed by atoms with Crippen LogP contribution in [0.3, 0.4) is 0 Å². The van der Waals surface area contributed by atoms with Crippen LogP contribution in [0.4, 0.5) is 5.69 Å². The van der Waals surface area contributed by atoms with Crippen LogP contribution >= 0.6 is 11.6 Å². The van der Waals surface area contributed by atoms with Crippen molar-refractivity contribution in [3.8, 4) is 11.8 Å². The lowest BCUT2D eigenvalue weighted by atomic mass is 10.1. The first kappa shape index (κ1) is 20.5. The molecule has 164 valence electrons. The van der Waals surface area contributed by atoms with E-state index in [1.54, 1.807) is 12.1 Å². The molecule has 1 aliphatic rings. The van der Waals surface area contributed by atoms with E-state index in [-0.39, 0.29) is 11.0 Å². The zero-order chi connectivity index (χ0) is 22.2. The SMILES string of the molecule is CCCNc1c(C(N)=O)oc2ccc3nc(Oc4nc(Cl)nc5c4CNCC5)ccc3c12. The molecule has 0 radical (unpaired) electrons. The molecule has 0 aliphatic carbocycles. The van der Waals surface area contributed by atoms with Crippen LogP contribution in [-0.4, -0.2) is 33.9 Å². The summed E-state index contributed by atoms with van der Waals surface area (Å²) in [6, 6.07) is 7.21. The van der Waals surface area contributed by atoms with Gasteiger partial charge < -0.3 is 25.5 Å². The van der Waals surface area contributed by atoms with Crippen LogP contribution in [0.5, 0.6) is 11.8 Å². The number of hydrogen-bond acceptors (Lipinski definition) is 8. The van der Waals surface area contributed by atoms with E-state index in [0.717, 1.165) is 41.4 Å². The summed E-state index contributed by atoms with van der Waals surface area (Å²) >= 11 is 6.10. The highest BCUT2D eigenvalue weighted by atomic mass is 35.5. The number of pyridine rings is 1. The van der Waals surface area contributed by atoms with Crippen LogP contribution in [0.15, 0.2) is 28.7 Å². The Kier molecular flexibility index (Phi) is 5.28. The quantitative estimate of drug-likeness (QED) is 0.377. The van der Waals surface area contributed by atoms with Crippen molar-refractivity contribution in [3.63, 3.8) is 0 Å². The maximum absolute atomic E-state index is 11.9. The Labute approximate surface area is 188 Å². The fourth-order valence-corrected chi connectivity index (χ4v) is 4.08. The van der Waals surface area contributed by atoms with Gasteiger partial charge in [-0.3, -0.25) is 4.79 Å². The molecule has 1 aliphatic heterocycles. The first-order chi connectivity index (χ1) is 15.5. The Morgan fingerprint density at radius 2 is 2.16 bits per heavy atom. The van der Waals surface area contributed by atoms with Crippen LogP contribution < -0.4 is 21.1 Å². The van der Waals surface area contributed by atoms with Gasteiger partial charge in [0.15, 0.2) is 0 Å². The molecule has 0 atom stereocenters. The first-order valence-electron chi connectivity index (χ1n) is 10.4. The number of nitrogens with one attached hydrogen (secondary N) is 2. The van der Waals surface area contributed by atoms with E-state index >= 15 is 0 Å². The molecule has 10 heteroatoms. The zero-order valence-corrected chi connectivity index (χ0v) is 18.1. The van der Waals surface area contributed by atoms with Crippen molar-refractivity contribution >= 4 is 45.1 Å². The molecule has 4 aromatic rings. The summed E-state index contributed by atoms with van der Waals surface area (Å²) < 4.78 is 11.7. The molecule has 0 unspecified atom stereocenters. The Bertz CT molecular complexity index is 1350. The number of amides is 1. The number of halogens is 1.